The van der Waals surface area contributed by atoms with E-state index in [4.69, 9.17) is 0 Å². The average molecular weight is 407 g/mol. The van der Waals surface area contributed by atoms with Crippen LogP contribution in [0.2, 0.25) is 0 Å². The molecule has 0 aromatic carbocycles. The minimum Gasteiger partial charge on any atom is -0.354 e. The first kappa shape index (κ1) is 17.2. The lowest BCUT2D eigenvalue weighted by Crippen LogP contribution is -2.42. The van der Waals surface area contributed by atoms with Gasteiger partial charge < -0.3 is 15.5 Å². The SMILES string of the molecule is CN=C(NCc1csc(N(C)C)n1)NC1CC=CC1.I. The van der Waals surface area contributed by atoms with E-state index < -0.39 is 0 Å². The number of nitrogens with zero attached hydrogens (tertiary/aromatic N) is 3. The summed E-state index contributed by atoms with van der Waals surface area (Å²) < 4.78 is 0. The van der Waals surface area contributed by atoms with Crippen LogP contribution in [-0.2, 0) is 6.54 Å². The Hall–Kier alpha value is -0.830. The van der Waals surface area contributed by atoms with Crippen LogP contribution in [0.15, 0.2) is 22.5 Å². The molecule has 112 valence electrons. The Kier molecular flexibility index (Phi) is 7.28. The van der Waals surface area contributed by atoms with Crippen LogP contribution in [0.3, 0.4) is 0 Å². The third-order valence-electron chi connectivity index (χ3n) is 2.93. The highest BCUT2D eigenvalue weighted by atomic mass is 127. The van der Waals surface area contributed by atoms with Crippen LogP contribution in [-0.4, -0.2) is 38.1 Å². The van der Waals surface area contributed by atoms with E-state index in [0.29, 0.717) is 12.6 Å². The quantitative estimate of drug-likeness (QED) is 0.348. The minimum absolute atomic E-state index is 0. The molecule has 0 saturated heterocycles. The number of halogens is 1. The maximum Gasteiger partial charge on any atom is 0.191 e. The fraction of sp³-hybridized carbons (Fsp3) is 0.538. The van der Waals surface area contributed by atoms with Crippen LogP contribution >= 0.6 is 35.3 Å². The number of anilines is 1. The van der Waals surface area contributed by atoms with Gasteiger partial charge in [-0.2, -0.15) is 0 Å². The second-order valence-corrected chi connectivity index (χ2v) is 5.56. The van der Waals surface area contributed by atoms with Gasteiger partial charge in [0.05, 0.1) is 12.2 Å². The van der Waals surface area contributed by atoms with Crippen LogP contribution in [0.1, 0.15) is 18.5 Å². The van der Waals surface area contributed by atoms with Gasteiger partial charge in [0, 0.05) is 32.6 Å². The van der Waals surface area contributed by atoms with Crippen molar-refractivity contribution in [3.63, 3.8) is 0 Å². The molecule has 5 nitrogen and oxygen atoms in total. The van der Waals surface area contributed by atoms with E-state index in [0.717, 1.165) is 29.6 Å². The molecule has 20 heavy (non-hydrogen) atoms. The zero-order chi connectivity index (χ0) is 13.7. The summed E-state index contributed by atoms with van der Waals surface area (Å²) in [6.07, 6.45) is 6.55. The Morgan fingerprint density at radius 3 is 2.70 bits per heavy atom. The first-order valence-corrected chi connectivity index (χ1v) is 7.31. The molecule has 1 heterocycles. The van der Waals surface area contributed by atoms with E-state index in [2.05, 4.69) is 38.1 Å². The van der Waals surface area contributed by atoms with Gasteiger partial charge in [0.2, 0.25) is 0 Å². The van der Waals surface area contributed by atoms with Crippen LogP contribution in [0.5, 0.6) is 0 Å². The Labute approximate surface area is 141 Å². The summed E-state index contributed by atoms with van der Waals surface area (Å²) in [7, 11) is 5.80. The van der Waals surface area contributed by atoms with Crippen molar-refractivity contribution in [3.05, 3.63) is 23.2 Å². The van der Waals surface area contributed by atoms with Gasteiger partial charge in [0.15, 0.2) is 11.1 Å². The van der Waals surface area contributed by atoms with E-state index in [-0.39, 0.29) is 24.0 Å². The molecule has 2 rings (SSSR count). The predicted octanol–water partition coefficient (Wildman–Crippen LogP) is 2.21. The molecule has 0 amide bonds. The Morgan fingerprint density at radius 2 is 2.15 bits per heavy atom. The van der Waals surface area contributed by atoms with Gasteiger partial charge in [0.1, 0.15) is 0 Å². The first-order valence-electron chi connectivity index (χ1n) is 6.43. The van der Waals surface area contributed by atoms with E-state index in [9.17, 15) is 0 Å². The molecule has 0 unspecified atom stereocenters. The largest absolute Gasteiger partial charge is 0.354 e. The van der Waals surface area contributed by atoms with Crippen molar-refractivity contribution in [2.24, 2.45) is 4.99 Å². The number of aromatic nitrogens is 1. The summed E-state index contributed by atoms with van der Waals surface area (Å²) in [6, 6.07) is 0.471. The molecule has 0 saturated carbocycles. The van der Waals surface area contributed by atoms with Crippen molar-refractivity contribution in [1.29, 1.82) is 0 Å². The summed E-state index contributed by atoms with van der Waals surface area (Å²) in [4.78, 5) is 10.8. The first-order chi connectivity index (χ1) is 9.19. The van der Waals surface area contributed by atoms with Gasteiger partial charge in [-0.15, -0.1) is 35.3 Å². The lowest BCUT2D eigenvalue weighted by atomic mass is 10.2. The molecule has 0 spiro atoms. The lowest BCUT2D eigenvalue weighted by molar-refractivity contribution is 0.632. The minimum atomic E-state index is 0. The third-order valence-corrected chi connectivity index (χ3v) is 3.99. The summed E-state index contributed by atoms with van der Waals surface area (Å²) in [5, 5.41) is 9.81. The number of guanidine groups is 1. The summed E-state index contributed by atoms with van der Waals surface area (Å²) >= 11 is 1.65. The van der Waals surface area contributed by atoms with Crippen molar-refractivity contribution in [2.75, 3.05) is 26.0 Å². The summed E-state index contributed by atoms with van der Waals surface area (Å²) in [5.74, 6) is 0.841. The molecule has 0 aliphatic heterocycles. The zero-order valence-electron chi connectivity index (χ0n) is 12.1. The van der Waals surface area contributed by atoms with Crippen LogP contribution in [0, 0.1) is 0 Å². The van der Waals surface area contributed by atoms with Gasteiger partial charge >= 0.3 is 0 Å². The number of hydrogen-bond acceptors (Lipinski definition) is 4. The molecule has 1 aromatic heterocycles. The molecule has 1 aromatic rings. The number of thiazole rings is 1. The highest BCUT2D eigenvalue weighted by molar-refractivity contribution is 14.0. The second kappa shape index (κ2) is 8.46. The molecular weight excluding hydrogens is 385 g/mol. The van der Waals surface area contributed by atoms with Crippen molar-refractivity contribution >= 4 is 46.4 Å². The van der Waals surface area contributed by atoms with Crippen molar-refractivity contribution in [2.45, 2.75) is 25.4 Å². The zero-order valence-corrected chi connectivity index (χ0v) is 15.2. The van der Waals surface area contributed by atoms with Gasteiger partial charge in [-0.25, -0.2) is 4.98 Å². The van der Waals surface area contributed by atoms with Gasteiger partial charge in [0.25, 0.3) is 0 Å². The van der Waals surface area contributed by atoms with Crippen LogP contribution in [0.4, 0.5) is 5.13 Å². The molecule has 0 fully saturated rings. The van der Waals surface area contributed by atoms with Crippen molar-refractivity contribution < 1.29 is 0 Å². The number of rotatable bonds is 4. The fourth-order valence-electron chi connectivity index (χ4n) is 1.88. The molecule has 2 N–H and O–H groups in total. The summed E-state index contributed by atoms with van der Waals surface area (Å²) in [6.45, 7) is 0.699. The van der Waals surface area contributed by atoms with Crippen molar-refractivity contribution in [3.8, 4) is 0 Å². The standard InChI is InChI=1S/C13H21N5S.HI/c1-14-12(16-10-6-4-5-7-10)15-8-11-9-19-13(17-11)18(2)3;/h4-5,9-10H,6-8H2,1-3H3,(H2,14,15,16);1H. The predicted molar refractivity (Wildman–Crippen MR) is 97.4 cm³/mol. The molecule has 0 atom stereocenters. The highest BCUT2D eigenvalue weighted by Gasteiger charge is 2.11. The maximum atomic E-state index is 4.53. The van der Waals surface area contributed by atoms with Gasteiger partial charge in [-0.3, -0.25) is 4.99 Å². The van der Waals surface area contributed by atoms with E-state index in [1.807, 2.05) is 19.0 Å². The second-order valence-electron chi connectivity index (χ2n) is 4.73. The van der Waals surface area contributed by atoms with Crippen LogP contribution in [0.25, 0.3) is 0 Å². The van der Waals surface area contributed by atoms with Gasteiger partial charge in [-0.05, 0) is 12.8 Å². The number of hydrogen-bond donors (Lipinski definition) is 2. The third kappa shape index (κ3) is 4.93. The maximum absolute atomic E-state index is 4.53. The smallest absolute Gasteiger partial charge is 0.191 e. The van der Waals surface area contributed by atoms with E-state index >= 15 is 0 Å². The molecule has 0 bridgehead atoms. The molecule has 0 radical (unpaired) electrons. The van der Waals surface area contributed by atoms with Gasteiger partial charge in [-0.1, -0.05) is 12.2 Å². The normalized spacial score (nSPS) is 15.1. The number of aliphatic imine (C=N–C) groups is 1. The Bertz CT molecular complexity index is 461. The molecule has 7 heteroatoms. The molecule has 1 aliphatic rings. The fourth-order valence-corrected chi connectivity index (χ4v) is 2.64. The van der Waals surface area contributed by atoms with E-state index in [1.165, 1.54) is 0 Å². The average Bonchev–Trinajstić information content (AvgIpc) is 3.05. The molecule has 1 aliphatic carbocycles. The lowest BCUT2D eigenvalue weighted by Gasteiger charge is -2.16. The highest BCUT2D eigenvalue weighted by Crippen LogP contribution is 2.17. The van der Waals surface area contributed by atoms with Crippen LogP contribution < -0.4 is 15.5 Å². The van der Waals surface area contributed by atoms with Crippen molar-refractivity contribution in [1.82, 2.24) is 15.6 Å². The molecular formula is C13H22IN5S. The van der Waals surface area contributed by atoms with E-state index in [1.54, 1.807) is 18.4 Å². The number of nitrogens with one attached hydrogen (secondary N) is 2. The topological polar surface area (TPSA) is 52.6 Å². The monoisotopic (exact) mass is 407 g/mol. The Balaban J connectivity index is 0.00000200. The summed E-state index contributed by atoms with van der Waals surface area (Å²) in [5.41, 5.74) is 1.04. The Morgan fingerprint density at radius 1 is 1.45 bits per heavy atom.